The standard InChI is InChI=1S/C16H18N2O2/c19-11-12-20-16-9-8-15(13-18-16)17-10-4-7-14-5-2-1-3-6-14/h1-9,13,17,19H,10-12H2/b7-4+. The highest BCUT2D eigenvalue weighted by atomic mass is 16.5. The van der Waals surface area contributed by atoms with Crippen molar-refractivity contribution in [3.63, 3.8) is 0 Å². The first-order chi connectivity index (χ1) is 9.88. The van der Waals surface area contributed by atoms with Gasteiger partial charge in [-0.1, -0.05) is 42.5 Å². The van der Waals surface area contributed by atoms with Crippen molar-refractivity contribution in [2.75, 3.05) is 25.1 Å². The normalized spacial score (nSPS) is 10.7. The third kappa shape index (κ3) is 4.74. The minimum absolute atomic E-state index is 0.00797. The summed E-state index contributed by atoms with van der Waals surface area (Å²) in [6, 6.07) is 13.8. The molecule has 0 radical (unpaired) electrons. The van der Waals surface area contributed by atoms with Gasteiger partial charge in [0.2, 0.25) is 5.88 Å². The van der Waals surface area contributed by atoms with Gasteiger partial charge in [-0.3, -0.25) is 0 Å². The number of ether oxygens (including phenoxy) is 1. The van der Waals surface area contributed by atoms with Crippen LogP contribution in [0.4, 0.5) is 5.69 Å². The highest BCUT2D eigenvalue weighted by molar-refractivity contribution is 5.50. The zero-order valence-corrected chi connectivity index (χ0v) is 11.2. The zero-order chi connectivity index (χ0) is 14.0. The fourth-order valence-electron chi connectivity index (χ4n) is 1.66. The van der Waals surface area contributed by atoms with Crippen LogP contribution in [0.3, 0.4) is 0 Å². The highest BCUT2D eigenvalue weighted by Crippen LogP contribution is 2.11. The second-order valence-corrected chi connectivity index (χ2v) is 4.15. The minimum atomic E-state index is -0.00797. The first kappa shape index (κ1) is 14.1. The van der Waals surface area contributed by atoms with Crippen LogP contribution in [0.15, 0.2) is 54.7 Å². The number of aliphatic hydroxyl groups is 1. The molecule has 0 unspecified atom stereocenters. The summed E-state index contributed by atoms with van der Waals surface area (Å²) < 4.78 is 5.19. The van der Waals surface area contributed by atoms with Gasteiger partial charge < -0.3 is 15.2 Å². The average molecular weight is 270 g/mol. The molecule has 0 aliphatic carbocycles. The van der Waals surface area contributed by atoms with Crippen molar-refractivity contribution in [1.82, 2.24) is 4.98 Å². The Balaban J connectivity index is 1.78. The fourth-order valence-corrected chi connectivity index (χ4v) is 1.66. The maximum Gasteiger partial charge on any atom is 0.213 e. The monoisotopic (exact) mass is 270 g/mol. The van der Waals surface area contributed by atoms with Gasteiger partial charge in [0.15, 0.2) is 0 Å². The number of benzene rings is 1. The maximum absolute atomic E-state index is 8.65. The molecule has 0 saturated carbocycles. The van der Waals surface area contributed by atoms with Crippen molar-refractivity contribution in [3.05, 3.63) is 60.3 Å². The molecule has 2 aromatic rings. The summed E-state index contributed by atoms with van der Waals surface area (Å²) in [4.78, 5) is 4.13. The Hall–Kier alpha value is -2.33. The van der Waals surface area contributed by atoms with Crippen LogP contribution in [-0.4, -0.2) is 29.8 Å². The number of rotatable bonds is 7. The SMILES string of the molecule is OCCOc1ccc(NC/C=C/c2ccccc2)cn1. The van der Waals surface area contributed by atoms with Gasteiger partial charge in [-0.15, -0.1) is 0 Å². The first-order valence-electron chi connectivity index (χ1n) is 6.53. The molecule has 0 bridgehead atoms. The number of aromatic nitrogens is 1. The van der Waals surface area contributed by atoms with Crippen LogP contribution in [0.5, 0.6) is 5.88 Å². The summed E-state index contributed by atoms with van der Waals surface area (Å²) in [5, 5.41) is 11.9. The number of nitrogens with zero attached hydrogens (tertiary/aromatic N) is 1. The van der Waals surface area contributed by atoms with Gasteiger partial charge in [-0.2, -0.15) is 0 Å². The molecule has 1 aromatic heterocycles. The lowest BCUT2D eigenvalue weighted by Gasteiger charge is -2.05. The fraction of sp³-hybridized carbons (Fsp3) is 0.188. The van der Waals surface area contributed by atoms with Crippen LogP contribution in [0.1, 0.15) is 5.56 Å². The van der Waals surface area contributed by atoms with Gasteiger partial charge in [-0.25, -0.2) is 4.98 Å². The Labute approximate surface area is 118 Å². The van der Waals surface area contributed by atoms with E-state index in [4.69, 9.17) is 9.84 Å². The van der Waals surface area contributed by atoms with E-state index in [1.54, 1.807) is 12.3 Å². The van der Waals surface area contributed by atoms with Crippen LogP contribution >= 0.6 is 0 Å². The van der Waals surface area contributed by atoms with E-state index in [0.717, 1.165) is 12.2 Å². The van der Waals surface area contributed by atoms with Crippen molar-refractivity contribution < 1.29 is 9.84 Å². The molecule has 0 atom stereocenters. The lowest BCUT2D eigenvalue weighted by molar-refractivity contribution is 0.196. The smallest absolute Gasteiger partial charge is 0.213 e. The summed E-state index contributed by atoms with van der Waals surface area (Å²) in [6.45, 7) is 0.985. The highest BCUT2D eigenvalue weighted by Gasteiger charge is 1.95. The van der Waals surface area contributed by atoms with Crippen molar-refractivity contribution in [3.8, 4) is 5.88 Å². The molecule has 2 N–H and O–H groups in total. The summed E-state index contributed by atoms with van der Waals surface area (Å²) in [5.41, 5.74) is 2.11. The number of hydrogen-bond donors (Lipinski definition) is 2. The van der Waals surface area contributed by atoms with Crippen molar-refractivity contribution in [2.24, 2.45) is 0 Å². The molecule has 0 amide bonds. The van der Waals surface area contributed by atoms with Crippen LogP contribution in [0, 0.1) is 0 Å². The van der Waals surface area contributed by atoms with E-state index in [9.17, 15) is 0 Å². The quantitative estimate of drug-likeness (QED) is 0.812. The number of anilines is 1. The van der Waals surface area contributed by atoms with E-state index < -0.39 is 0 Å². The van der Waals surface area contributed by atoms with E-state index in [1.807, 2.05) is 24.3 Å². The molecule has 0 aliphatic heterocycles. The third-order valence-corrected chi connectivity index (χ3v) is 2.61. The Morgan fingerprint density at radius 2 is 2.00 bits per heavy atom. The van der Waals surface area contributed by atoms with Crippen LogP contribution in [-0.2, 0) is 0 Å². The maximum atomic E-state index is 8.65. The molecule has 0 fully saturated rings. The topological polar surface area (TPSA) is 54.4 Å². The number of nitrogens with one attached hydrogen (secondary N) is 1. The largest absolute Gasteiger partial charge is 0.475 e. The van der Waals surface area contributed by atoms with Crippen molar-refractivity contribution in [1.29, 1.82) is 0 Å². The van der Waals surface area contributed by atoms with Gasteiger partial charge in [0, 0.05) is 12.6 Å². The predicted molar refractivity (Wildman–Crippen MR) is 80.8 cm³/mol. The Morgan fingerprint density at radius 3 is 2.70 bits per heavy atom. The molecule has 20 heavy (non-hydrogen) atoms. The lowest BCUT2D eigenvalue weighted by Crippen LogP contribution is -2.03. The summed E-state index contributed by atoms with van der Waals surface area (Å²) in [7, 11) is 0. The molecule has 4 heteroatoms. The average Bonchev–Trinajstić information content (AvgIpc) is 2.52. The molecule has 1 heterocycles. The Bertz CT molecular complexity index is 524. The lowest BCUT2D eigenvalue weighted by atomic mass is 10.2. The van der Waals surface area contributed by atoms with Crippen molar-refractivity contribution >= 4 is 11.8 Å². The molecular weight excluding hydrogens is 252 g/mol. The van der Waals surface area contributed by atoms with E-state index >= 15 is 0 Å². The molecule has 2 rings (SSSR count). The van der Waals surface area contributed by atoms with Gasteiger partial charge >= 0.3 is 0 Å². The first-order valence-corrected chi connectivity index (χ1v) is 6.53. The van der Waals surface area contributed by atoms with Crippen LogP contribution in [0.25, 0.3) is 6.08 Å². The molecule has 1 aromatic carbocycles. The Kier molecular flexibility index (Phi) is 5.61. The molecule has 0 spiro atoms. The number of aliphatic hydroxyl groups excluding tert-OH is 1. The predicted octanol–water partition coefficient (Wildman–Crippen LogP) is 2.58. The van der Waals surface area contributed by atoms with Gasteiger partial charge in [0.25, 0.3) is 0 Å². The molecule has 0 saturated heterocycles. The second-order valence-electron chi connectivity index (χ2n) is 4.15. The summed E-state index contributed by atoms with van der Waals surface area (Å²) >= 11 is 0. The Morgan fingerprint density at radius 1 is 1.15 bits per heavy atom. The molecule has 104 valence electrons. The molecule has 4 nitrogen and oxygen atoms in total. The van der Waals surface area contributed by atoms with E-state index in [0.29, 0.717) is 5.88 Å². The second kappa shape index (κ2) is 7.96. The third-order valence-electron chi connectivity index (χ3n) is 2.61. The van der Waals surface area contributed by atoms with Gasteiger partial charge in [-0.05, 0) is 11.6 Å². The summed E-state index contributed by atoms with van der Waals surface area (Å²) in [6.07, 6.45) is 5.84. The van der Waals surface area contributed by atoms with Crippen molar-refractivity contribution in [2.45, 2.75) is 0 Å². The number of hydrogen-bond acceptors (Lipinski definition) is 4. The minimum Gasteiger partial charge on any atom is -0.475 e. The van der Waals surface area contributed by atoms with Gasteiger partial charge in [0.05, 0.1) is 18.5 Å². The number of pyridine rings is 1. The van der Waals surface area contributed by atoms with Crippen LogP contribution in [0.2, 0.25) is 0 Å². The van der Waals surface area contributed by atoms with E-state index in [1.165, 1.54) is 5.56 Å². The van der Waals surface area contributed by atoms with Crippen LogP contribution < -0.4 is 10.1 Å². The van der Waals surface area contributed by atoms with E-state index in [2.05, 4.69) is 34.6 Å². The van der Waals surface area contributed by atoms with E-state index in [-0.39, 0.29) is 13.2 Å². The molecular formula is C16H18N2O2. The molecule has 0 aliphatic rings. The summed E-state index contributed by atoms with van der Waals surface area (Å²) in [5.74, 6) is 0.518. The van der Waals surface area contributed by atoms with Gasteiger partial charge in [0.1, 0.15) is 6.61 Å². The zero-order valence-electron chi connectivity index (χ0n) is 11.2.